The van der Waals surface area contributed by atoms with E-state index in [0.717, 1.165) is 29.2 Å². The highest BCUT2D eigenvalue weighted by Crippen LogP contribution is 2.39. The fourth-order valence-corrected chi connectivity index (χ4v) is 4.25. The van der Waals surface area contributed by atoms with E-state index in [0.29, 0.717) is 0 Å². The molecule has 0 unspecified atom stereocenters. The lowest BCUT2D eigenvalue weighted by atomic mass is 9.91. The summed E-state index contributed by atoms with van der Waals surface area (Å²) in [5.41, 5.74) is 4.81. The summed E-state index contributed by atoms with van der Waals surface area (Å²) < 4.78 is 1.69. The molecule has 0 saturated heterocycles. The lowest BCUT2D eigenvalue weighted by molar-refractivity contribution is 0.102. The number of nitrogens with one attached hydrogen (secondary N) is 1. The van der Waals surface area contributed by atoms with E-state index in [4.69, 9.17) is 0 Å². The molecule has 0 fully saturated rings. The van der Waals surface area contributed by atoms with Crippen LogP contribution in [-0.2, 0) is 19.9 Å². The Morgan fingerprint density at radius 1 is 1.22 bits per heavy atom. The number of fused-ring (bicyclic) bond motifs is 3. The van der Waals surface area contributed by atoms with Crippen LogP contribution in [0.4, 0.5) is 5.82 Å². The van der Waals surface area contributed by atoms with E-state index in [-0.39, 0.29) is 5.91 Å². The van der Waals surface area contributed by atoms with Crippen LogP contribution in [0.3, 0.4) is 0 Å². The normalized spacial score (nSPS) is 12.6. The Hall–Kier alpha value is -2.40. The van der Waals surface area contributed by atoms with Crippen molar-refractivity contribution in [3.8, 4) is 10.4 Å². The first kappa shape index (κ1) is 14.2. The number of rotatable bonds is 2. The van der Waals surface area contributed by atoms with E-state index in [1.54, 1.807) is 16.0 Å². The standard InChI is InChI=1S/C18H17N3OS/c1-11-9-16(21(2)20-11)19-18(22)15-10-13-8-7-12-5-3-4-6-14(12)17(13)23-15/h3-6,9-10H,7-8H2,1-2H3,(H,19,22). The molecule has 1 amide bonds. The Kier molecular flexibility index (Phi) is 3.31. The summed E-state index contributed by atoms with van der Waals surface area (Å²) in [6, 6.07) is 12.4. The maximum Gasteiger partial charge on any atom is 0.266 e. The minimum absolute atomic E-state index is 0.0649. The van der Waals surface area contributed by atoms with E-state index in [2.05, 4.69) is 34.7 Å². The van der Waals surface area contributed by atoms with Crippen LogP contribution in [0.25, 0.3) is 10.4 Å². The summed E-state index contributed by atoms with van der Waals surface area (Å²) in [7, 11) is 1.83. The van der Waals surface area contributed by atoms with E-state index in [9.17, 15) is 4.79 Å². The number of hydrogen-bond donors (Lipinski definition) is 1. The number of hydrogen-bond acceptors (Lipinski definition) is 3. The van der Waals surface area contributed by atoms with Crippen molar-refractivity contribution in [3.05, 3.63) is 58.1 Å². The van der Waals surface area contributed by atoms with Crippen LogP contribution >= 0.6 is 11.3 Å². The van der Waals surface area contributed by atoms with E-state index >= 15 is 0 Å². The second-order valence-corrected chi connectivity index (χ2v) is 6.92. The third kappa shape index (κ3) is 2.47. The maximum absolute atomic E-state index is 12.6. The second kappa shape index (κ2) is 5.35. The smallest absolute Gasteiger partial charge is 0.266 e. The average Bonchev–Trinajstić information content (AvgIpc) is 3.11. The highest BCUT2D eigenvalue weighted by atomic mass is 32.1. The molecule has 0 aliphatic heterocycles. The number of aryl methyl sites for hydroxylation is 4. The van der Waals surface area contributed by atoms with Gasteiger partial charge < -0.3 is 5.32 Å². The second-order valence-electron chi connectivity index (χ2n) is 5.87. The van der Waals surface area contributed by atoms with E-state index in [1.165, 1.54) is 21.6 Å². The largest absolute Gasteiger partial charge is 0.306 e. The van der Waals surface area contributed by atoms with E-state index in [1.807, 2.05) is 26.1 Å². The molecule has 23 heavy (non-hydrogen) atoms. The van der Waals surface area contributed by atoms with Gasteiger partial charge in [0.05, 0.1) is 10.6 Å². The number of amides is 1. The van der Waals surface area contributed by atoms with E-state index < -0.39 is 0 Å². The summed E-state index contributed by atoms with van der Waals surface area (Å²) >= 11 is 1.58. The highest BCUT2D eigenvalue weighted by Gasteiger charge is 2.21. The minimum Gasteiger partial charge on any atom is -0.306 e. The van der Waals surface area contributed by atoms with Crippen molar-refractivity contribution in [1.82, 2.24) is 9.78 Å². The van der Waals surface area contributed by atoms with Crippen LogP contribution in [0.5, 0.6) is 0 Å². The first-order chi connectivity index (χ1) is 11.1. The van der Waals surface area contributed by atoms with Gasteiger partial charge in [0.2, 0.25) is 0 Å². The van der Waals surface area contributed by atoms with Gasteiger partial charge in [-0.2, -0.15) is 5.10 Å². The molecule has 0 spiro atoms. The van der Waals surface area contributed by atoms with Crippen molar-refractivity contribution >= 4 is 23.1 Å². The predicted molar refractivity (Wildman–Crippen MR) is 93.1 cm³/mol. The Bertz CT molecular complexity index is 907. The lowest BCUT2D eigenvalue weighted by Crippen LogP contribution is -2.13. The lowest BCUT2D eigenvalue weighted by Gasteiger charge is -2.15. The molecule has 5 heteroatoms. The summed E-state index contributed by atoms with van der Waals surface area (Å²) in [5.74, 6) is 0.657. The number of aromatic nitrogens is 2. The van der Waals surface area contributed by atoms with Crippen molar-refractivity contribution < 1.29 is 4.79 Å². The molecule has 1 aromatic carbocycles. The molecule has 2 aromatic heterocycles. The molecule has 2 heterocycles. The fraction of sp³-hybridized carbons (Fsp3) is 0.222. The maximum atomic E-state index is 12.6. The molecular weight excluding hydrogens is 306 g/mol. The minimum atomic E-state index is -0.0649. The summed E-state index contributed by atoms with van der Waals surface area (Å²) in [6.07, 6.45) is 2.04. The van der Waals surface area contributed by atoms with Crippen LogP contribution in [0, 0.1) is 6.92 Å². The van der Waals surface area contributed by atoms with Crippen LogP contribution in [0.15, 0.2) is 36.4 Å². The number of anilines is 1. The molecule has 3 aromatic rings. The Balaban J connectivity index is 1.66. The molecule has 0 saturated carbocycles. The van der Waals surface area contributed by atoms with Crippen molar-refractivity contribution in [2.75, 3.05) is 5.32 Å². The van der Waals surface area contributed by atoms with Gasteiger partial charge >= 0.3 is 0 Å². The van der Waals surface area contributed by atoms with Gasteiger partial charge in [-0.3, -0.25) is 9.48 Å². The first-order valence-corrected chi connectivity index (χ1v) is 8.46. The molecule has 0 atom stereocenters. The van der Waals surface area contributed by atoms with Crippen LogP contribution in [0.1, 0.15) is 26.5 Å². The average molecular weight is 323 g/mol. The predicted octanol–water partition coefficient (Wildman–Crippen LogP) is 3.81. The Labute approximate surface area is 138 Å². The first-order valence-electron chi connectivity index (χ1n) is 7.65. The monoisotopic (exact) mass is 323 g/mol. The van der Waals surface area contributed by atoms with Gasteiger partial charge in [-0.15, -0.1) is 11.3 Å². The summed E-state index contributed by atoms with van der Waals surface area (Å²) in [6.45, 7) is 1.91. The Morgan fingerprint density at radius 2 is 2.00 bits per heavy atom. The van der Waals surface area contributed by atoms with Crippen molar-refractivity contribution in [1.29, 1.82) is 0 Å². The van der Waals surface area contributed by atoms with Gasteiger partial charge in [0, 0.05) is 18.0 Å². The molecule has 1 aliphatic carbocycles. The molecular formula is C18H17N3OS. The summed E-state index contributed by atoms with van der Waals surface area (Å²) in [5, 5.41) is 7.21. The van der Waals surface area contributed by atoms with Crippen molar-refractivity contribution in [3.63, 3.8) is 0 Å². The molecule has 4 nitrogen and oxygen atoms in total. The number of thiophene rings is 1. The quantitative estimate of drug-likeness (QED) is 0.779. The number of benzene rings is 1. The third-order valence-electron chi connectivity index (χ3n) is 4.20. The SMILES string of the molecule is Cc1cc(NC(=O)c2cc3c(s2)-c2ccccc2CC3)n(C)n1. The topological polar surface area (TPSA) is 46.9 Å². The van der Waals surface area contributed by atoms with Crippen LogP contribution < -0.4 is 5.32 Å². The van der Waals surface area contributed by atoms with Gasteiger partial charge in [-0.05, 0) is 42.5 Å². The van der Waals surface area contributed by atoms with Crippen LogP contribution in [0.2, 0.25) is 0 Å². The number of carbonyl (C=O) groups is 1. The van der Waals surface area contributed by atoms with Crippen LogP contribution in [-0.4, -0.2) is 15.7 Å². The van der Waals surface area contributed by atoms with Gasteiger partial charge in [-0.25, -0.2) is 0 Å². The molecule has 1 aliphatic rings. The van der Waals surface area contributed by atoms with Gasteiger partial charge in [-0.1, -0.05) is 24.3 Å². The zero-order valence-electron chi connectivity index (χ0n) is 13.1. The highest BCUT2D eigenvalue weighted by molar-refractivity contribution is 7.17. The zero-order valence-corrected chi connectivity index (χ0v) is 13.9. The fourth-order valence-electron chi connectivity index (χ4n) is 3.09. The Morgan fingerprint density at radius 3 is 2.78 bits per heavy atom. The molecule has 0 radical (unpaired) electrons. The van der Waals surface area contributed by atoms with Gasteiger partial charge in [0.25, 0.3) is 5.91 Å². The van der Waals surface area contributed by atoms with Crippen molar-refractivity contribution in [2.45, 2.75) is 19.8 Å². The molecule has 4 rings (SSSR count). The van der Waals surface area contributed by atoms with Crippen molar-refractivity contribution in [2.24, 2.45) is 7.05 Å². The summed E-state index contributed by atoms with van der Waals surface area (Å²) in [4.78, 5) is 14.6. The van der Waals surface area contributed by atoms with Gasteiger partial charge in [0.1, 0.15) is 5.82 Å². The number of nitrogens with zero attached hydrogens (tertiary/aromatic N) is 2. The molecule has 0 bridgehead atoms. The number of carbonyl (C=O) groups excluding carboxylic acids is 1. The third-order valence-corrected chi connectivity index (χ3v) is 5.41. The molecule has 1 N–H and O–H groups in total. The van der Waals surface area contributed by atoms with Gasteiger partial charge in [0.15, 0.2) is 0 Å². The zero-order chi connectivity index (χ0) is 16.0. The molecule has 116 valence electrons.